The van der Waals surface area contributed by atoms with Crippen LogP contribution < -0.4 is 10.0 Å². The number of carbonyl (C=O) groups excluding carboxylic acids is 1. The van der Waals surface area contributed by atoms with Gasteiger partial charge >= 0.3 is 0 Å². The van der Waals surface area contributed by atoms with Gasteiger partial charge in [0.15, 0.2) is 0 Å². The molecule has 2 heterocycles. The zero-order valence-electron chi connectivity index (χ0n) is 14.6. The predicted molar refractivity (Wildman–Crippen MR) is 101 cm³/mol. The number of hydrogen-bond acceptors (Lipinski definition) is 6. The molecule has 10 heteroatoms. The highest BCUT2D eigenvalue weighted by Gasteiger charge is 2.23. The molecular formula is C17H19N5O3S2. The zero-order valence-corrected chi connectivity index (χ0v) is 16.2. The Morgan fingerprint density at radius 2 is 2.00 bits per heavy atom. The molecule has 1 atom stereocenters. The minimum atomic E-state index is -3.73. The van der Waals surface area contributed by atoms with E-state index in [0.717, 1.165) is 21.8 Å². The fourth-order valence-corrected chi connectivity index (χ4v) is 4.99. The lowest BCUT2D eigenvalue weighted by Crippen LogP contribution is -2.31. The summed E-state index contributed by atoms with van der Waals surface area (Å²) in [4.78, 5) is 15.7. The molecule has 0 aliphatic heterocycles. The maximum atomic E-state index is 12.9. The van der Waals surface area contributed by atoms with Gasteiger partial charge in [0.05, 0.1) is 19.1 Å². The number of aromatic nitrogens is 3. The minimum absolute atomic E-state index is 0.164. The highest BCUT2D eigenvalue weighted by atomic mass is 32.2. The van der Waals surface area contributed by atoms with Crippen LogP contribution in [0.15, 0.2) is 59.3 Å². The maximum Gasteiger partial charge on any atom is 0.250 e. The van der Waals surface area contributed by atoms with Crippen LogP contribution in [0.4, 0.5) is 0 Å². The Morgan fingerprint density at radius 1 is 1.22 bits per heavy atom. The highest BCUT2D eigenvalue weighted by Crippen LogP contribution is 2.24. The molecule has 0 bridgehead atoms. The molecule has 1 unspecified atom stereocenters. The molecule has 1 aromatic carbocycles. The first kappa shape index (κ1) is 19.2. The Balaban J connectivity index is 1.80. The fraction of sp³-hybridized carbons (Fsp3) is 0.235. The third-order valence-corrected chi connectivity index (χ3v) is 6.80. The van der Waals surface area contributed by atoms with Crippen LogP contribution in [0.5, 0.6) is 0 Å². The van der Waals surface area contributed by atoms with Crippen LogP contribution in [0.25, 0.3) is 0 Å². The Morgan fingerprint density at radius 3 is 2.67 bits per heavy atom. The van der Waals surface area contributed by atoms with Gasteiger partial charge in [0.1, 0.15) is 16.9 Å². The van der Waals surface area contributed by atoms with E-state index in [0.29, 0.717) is 13.1 Å². The average Bonchev–Trinajstić information content (AvgIpc) is 3.32. The number of nitrogens with zero attached hydrogens (tertiary/aromatic N) is 3. The molecular weight excluding hydrogens is 386 g/mol. The molecule has 2 N–H and O–H groups in total. The standard InChI is InChI=1S/C17H19N5O3S2/c1-13(23)19-9-15-7-8-17(26-15)27(24,25)21-16(10-22-12-18-11-20-22)14-5-3-2-4-6-14/h2-8,11-12,16,21H,9-10H2,1H3,(H,19,23). The number of hydrogen-bond donors (Lipinski definition) is 2. The molecule has 0 saturated carbocycles. The van der Waals surface area contributed by atoms with E-state index >= 15 is 0 Å². The first-order valence-corrected chi connectivity index (χ1v) is 10.5. The van der Waals surface area contributed by atoms with Gasteiger partial charge in [-0.15, -0.1) is 11.3 Å². The van der Waals surface area contributed by atoms with Gasteiger partial charge in [-0.2, -0.15) is 5.10 Å². The summed E-state index contributed by atoms with van der Waals surface area (Å²) < 4.78 is 30.3. The number of benzene rings is 1. The monoisotopic (exact) mass is 405 g/mol. The van der Waals surface area contributed by atoms with Crippen LogP contribution in [0.3, 0.4) is 0 Å². The number of rotatable bonds is 8. The van der Waals surface area contributed by atoms with Crippen LogP contribution >= 0.6 is 11.3 Å². The number of nitrogens with one attached hydrogen (secondary N) is 2. The largest absolute Gasteiger partial charge is 0.351 e. The Kier molecular flexibility index (Phi) is 5.99. The average molecular weight is 406 g/mol. The molecule has 1 amide bonds. The summed E-state index contributed by atoms with van der Waals surface area (Å²) in [6.07, 6.45) is 2.95. The predicted octanol–water partition coefficient (Wildman–Crippen LogP) is 1.70. The van der Waals surface area contributed by atoms with Crippen LogP contribution in [-0.2, 0) is 27.9 Å². The van der Waals surface area contributed by atoms with Crippen molar-refractivity contribution in [3.8, 4) is 0 Å². The molecule has 0 spiro atoms. The quantitative estimate of drug-likeness (QED) is 0.593. The van der Waals surface area contributed by atoms with E-state index in [9.17, 15) is 13.2 Å². The molecule has 0 aliphatic carbocycles. The topological polar surface area (TPSA) is 106 Å². The van der Waals surface area contributed by atoms with Crippen LogP contribution in [0.2, 0.25) is 0 Å². The molecule has 0 aliphatic rings. The van der Waals surface area contributed by atoms with E-state index in [-0.39, 0.29) is 10.1 Å². The highest BCUT2D eigenvalue weighted by molar-refractivity contribution is 7.91. The molecule has 142 valence electrons. The molecule has 3 rings (SSSR count). The van der Waals surface area contributed by atoms with Crippen molar-refractivity contribution in [2.45, 2.75) is 30.3 Å². The van der Waals surface area contributed by atoms with Gasteiger partial charge in [0, 0.05) is 11.8 Å². The lowest BCUT2D eigenvalue weighted by atomic mass is 10.1. The third kappa shape index (κ3) is 5.22. The summed E-state index contributed by atoms with van der Waals surface area (Å²) in [6.45, 7) is 2.03. The molecule has 2 aromatic heterocycles. The smallest absolute Gasteiger partial charge is 0.250 e. The molecule has 0 fully saturated rings. The van der Waals surface area contributed by atoms with Crippen molar-refractivity contribution in [3.05, 3.63) is 65.6 Å². The van der Waals surface area contributed by atoms with Crippen molar-refractivity contribution >= 4 is 27.3 Å². The number of amides is 1. The van der Waals surface area contributed by atoms with Crippen molar-refractivity contribution in [1.29, 1.82) is 0 Å². The van der Waals surface area contributed by atoms with Gasteiger partial charge in [0.2, 0.25) is 5.91 Å². The van der Waals surface area contributed by atoms with E-state index < -0.39 is 16.1 Å². The third-order valence-electron chi connectivity index (χ3n) is 3.75. The maximum absolute atomic E-state index is 12.9. The summed E-state index contributed by atoms with van der Waals surface area (Å²) in [6, 6.07) is 12.0. The number of sulfonamides is 1. The van der Waals surface area contributed by atoms with E-state index in [1.807, 2.05) is 30.3 Å². The lowest BCUT2D eigenvalue weighted by molar-refractivity contribution is -0.119. The molecule has 27 heavy (non-hydrogen) atoms. The summed E-state index contributed by atoms with van der Waals surface area (Å²) in [5, 5.41) is 6.72. The summed E-state index contributed by atoms with van der Waals surface area (Å²) >= 11 is 1.13. The van der Waals surface area contributed by atoms with Crippen LogP contribution in [0.1, 0.15) is 23.4 Å². The summed E-state index contributed by atoms with van der Waals surface area (Å²) in [5.74, 6) is -0.164. The van der Waals surface area contributed by atoms with Gasteiger partial charge in [0.25, 0.3) is 10.0 Å². The van der Waals surface area contributed by atoms with Gasteiger partial charge < -0.3 is 5.32 Å². The first-order chi connectivity index (χ1) is 12.9. The second-order valence-corrected chi connectivity index (χ2v) is 8.94. The van der Waals surface area contributed by atoms with E-state index in [2.05, 4.69) is 20.1 Å². The number of thiophene rings is 1. The summed E-state index contributed by atoms with van der Waals surface area (Å²) in [5.41, 5.74) is 0.826. The Hall–Kier alpha value is -2.56. The lowest BCUT2D eigenvalue weighted by Gasteiger charge is -2.18. The van der Waals surface area contributed by atoms with Gasteiger partial charge in [-0.05, 0) is 17.7 Å². The Bertz CT molecular complexity index is 985. The van der Waals surface area contributed by atoms with Crippen LogP contribution in [0, 0.1) is 0 Å². The van der Waals surface area contributed by atoms with Crippen molar-refractivity contribution in [3.63, 3.8) is 0 Å². The van der Waals surface area contributed by atoms with E-state index in [1.165, 1.54) is 13.3 Å². The molecule has 0 saturated heterocycles. The van der Waals surface area contributed by atoms with Gasteiger partial charge in [-0.3, -0.25) is 9.48 Å². The van der Waals surface area contributed by atoms with Crippen molar-refractivity contribution in [2.24, 2.45) is 0 Å². The second kappa shape index (κ2) is 8.42. The Labute approximate surface area is 161 Å². The van der Waals surface area contributed by atoms with Crippen molar-refractivity contribution in [1.82, 2.24) is 24.8 Å². The second-order valence-electron chi connectivity index (χ2n) is 5.83. The molecule has 8 nitrogen and oxygen atoms in total. The molecule has 0 radical (unpaired) electrons. The van der Waals surface area contributed by atoms with Gasteiger partial charge in [-0.1, -0.05) is 30.3 Å². The summed E-state index contributed by atoms with van der Waals surface area (Å²) in [7, 11) is -3.73. The van der Waals surface area contributed by atoms with Crippen molar-refractivity contribution in [2.75, 3.05) is 0 Å². The molecule has 3 aromatic rings. The van der Waals surface area contributed by atoms with E-state index in [4.69, 9.17) is 0 Å². The fourth-order valence-electron chi connectivity index (χ4n) is 2.46. The normalized spacial score (nSPS) is 12.6. The van der Waals surface area contributed by atoms with Crippen LogP contribution in [-0.4, -0.2) is 29.1 Å². The van der Waals surface area contributed by atoms with E-state index in [1.54, 1.807) is 23.1 Å². The zero-order chi connectivity index (χ0) is 19.3. The first-order valence-electron chi connectivity index (χ1n) is 8.17. The number of carbonyl (C=O) groups is 1. The van der Waals surface area contributed by atoms with Crippen molar-refractivity contribution < 1.29 is 13.2 Å². The van der Waals surface area contributed by atoms with Gasteiger partial charge in [-0.25, -0.2) is 18.1 Å². The minimum Gasteiger partial charge on any atom is -0.351 e. The SMILES string of the molecule is CC(=O)NCc1ccc(S(=O)(=O)NC(Cn2cncn2)c2ccccc2)s1.